The maximum Gasteiger partial charge on any atom is 0.264 e. The number of nitrogens with one attached hydrogen (secondary N) is 1. The van der Waals surface area contributed by atoms with Gasteiger partial charge in [-0.15, -0.1) is 11.3 Å². The second-order valence-corrected chi connectivity index (χ2v) is 4.99. The molecule has 0 aliphatic rings. The number of carbonyl (C=O) groups excluding carboxylic acids is 1. The number of nitrogens with two attached hydrogens (primary N) is 1. The first-order valence-corrected chi connectivity index (χ1v) is 7.06. The normalized spacial score (nSPS) is 12.3. The molecule has 0 unspecified atom stereocenters. The number of aromatic nitrogens is 3. The predicted octanol–water partition coefficient (Wildman–Crippen LogP) is 1.82. The first-order chi connectivity index (χ1) is 9.17. The van der Waals surface area contributed by atoms with E-state index in [4.69, 9.17) is 5.73 Å². The van der Waals surface area contributed by atoms with Gasteiger partial charge in [0.2, 0.25) is 0 Å². The molecule has 3 N–H and O–H groups in total. The van der Waals surface area contributed by atoms with E-state index in [1.807, 2.05) is 13.8 Å². The van der Waals surface area contributed by atoms with Gasteiger partial charge in [0.1, 0.15) is 17.0 Å². The van der Waals surface area contributed by atoms with Crippen molar-refractivity contribution < 1.29 is 4.79 Å². The highest BCUT2D eigenvalue weighted by Crippen LogP contribution is 2.21. The topological polar surface area (TPSA) is 85.8 Å². The van der Waals surface area contributed by atoms with Gasteiger partial charge in [0, 0.05) is 6.54 Å². The van der Waals surface area contributed by atoms with E-state index in [1.54, 1.807) is 16.1 Å². The summed E-state index contributed by atoms with van der Waals surface area (Å²) in [4.78, 5) is 16.9. The van der Waals surface area contributed by atoms with Gasteiger partial charge in [-0.05, 0) is 24.8 Å². The van der Waals surface area contributed by atoms with Gasteiger partial charge < -0.3 is 11.1 Å². The summed E-state index contributed by atoms with van der Waals surface area (Å²) in [6, 6.07) is 1.58. The fourth-order valence-electron chi connectivity index (χ4n) is 1.86. The maximum absolute atomic E-state index is 12.2. The van der Waals surface area contributed by atoms with Crippen molar-refractivity contribution in [2.24, 2.45) is 0 Å². The van der Waals surface area contributed by atoms with E-state index in [1.165, 1.54) is 17.7 Å². The Kier molecular flexibility index (Phi) is 4.16. The van der Waals surface area contributed by atoms with E-state index in [-0.39, 0.29) is 11.9 Å². The maximum atomic E-state index is 12.2. The van der Waals surface area contributed by atoms with Crippen LogP contribution in [0.4, 0.5) is 5.69 Å². The van der Waals surface area contributed by atoms with E-state index in [9.17, 15) is 4.79 Å². The van der Waals surface area contributed by atoms with E-state index in [0.29, 0.717) is 10.6 Å². The Hall–Kier alpha value is -1.89. The van der Waals surface area contributed by atoms with Crippen LogP contribution in [0, 0.1) is 0 Å². The number of nitrogens with zero attached hydrogens (tertiary/aromatic N) is 3. The van der Waals surface area contributed by atoms with Crippen LogP contribution in [0.2, 0.25) is 0 Å². The zero-order valence-electron chi connectivity index (χ0n) is 11.0. The smallest absolute Gasteiger partial charge is 0.264 e. The molecule has 0 spiro atoms. The molecule has 102 valence electrons. The molecule has 0 aliphatic heterocycles. The largest absolute Gasteiger partial charge is 0.397 e. The summed E-state index contributed by atoms with van der Waals surface area (Å²) >= 11 is 1.34. The van der Waals surface area contributed by atoms with E-state index < -0.39 is 0 Å². The first kappa shape index (κ1) is 13.5. The van der Waals surface area contributed by atoms with Gasteiger partial charge in [-0.1, -0.05) is 6.92 Å². The fraction of sp³-hybridized carbons (Fsp3) is 0.417. The Morgan fingerprint density at radius 1 is 1.58 bits per heavy atom. The van der Waals surface area contributed by atoms with Gasteiger partial charge in [-0.25, -0.2) is 9.67 Å². The number of aryl methyl sites for hydroxylation is 1. The summed E-state index contributed by atoms with van der Waals surface area (Å²) in [5.74, 6) is 0.610. The summed E-state index contributed by atoms with van der Waals surface area (Å²) < 4.78 is 1.78. The van der Waals surface area contributed by atoms with Crippen molar-refractivity contribution in [2.75, 3.05) is 5.73 Å². The standard InChI is InChI=1S/C12H17N5OS/c1-3-9(11-14-7-15-17(11)4-2)16-12(18)10-8(13)5-6-19-10/h5-7,9H,3-4,13H2,1-2H3,(H,16,18)/t9-/m1/s1. The zero-order chi connectivity index (χ0) is 13.8. The van der Waals surface area contributed by atoms with Crippen LogP contribution >= 0.6 is 11.3 Å². The number of nitrogen functional groups attached to an aromatic ring is 1. The molecule has 1 atom stereocenters. The lowest BCUT2D eigenvalue weighted by molar-refractivity contribution is 0.0937. The molecule has 2 heterocycles. The number of amides is 1. The number of rotatable bonds is 5. The van der Waals surface area contributed by atoms with E-state index >= 15 is 0 Å². The van der Waals surface area contributed by atoms with Gasteiger partial charge in [0.15, 0.2) is 0 Å². The molecule has 2 aromatic heterocycles. The SMILES string of the molecule is CC[C@@H](NC(=O)c1sccc1N)c1ncnn1CC. The number of carbonyl (C=O) groups is 1. The van der Waals surface area contributed by atoms with Crippen LogP contribution in [-0.4, -0.2) is 20.7 Å². The van der Waals surface area contributed by atoms with Gasteiger partial charge >= 0.3 is 0 Å². The van der Waals surface area contributed by atoms with Crippen LogP contribution < -0.4 is 11.1 Å². The van der Waals surface area contributed by atoms with Crippen LogP contribution in [0.5, 0.6) is 0 Å². The highest BCUT2D eigenvalue weighted by molar-refractivity contribution is 7.12. The molecular formula is C12H17N5OS. The number of thiophene rings is 1. The summed E-state index contributed by atoms with van der Waals surface area (Å²) in [7, 11) is 0. The van der Waals surface area contributed by atoms with Gasteiger partial charge in [0.25, 0.3) is 5.91 Å². The van der Waals surface area contributed by atoms with Crippen molar-refractivity contribution >= 4 is 22.9 Å². The second kappa shape index (κ2) is 5.83. The lowest BCUT2D eigenvalue weighted by Gasteiger charge is -2.16. The Labute approximate surface area is 115 Å². The molecule has 7 heteroatoms. The van der Waals surface area contributed by atoms with Crippen LogP contribution in [0.3, 0.4) is 0 Å². The molecule has 2 rings (SSSR count). The van der Waals surface area contributed by atoms with Crippen LogP contribution in [0.15, 0.2) is 17.8 Å². The van der Waals surface area contributed by atoms with Gasteiger partial charge in [-0.3, -0.25) is 4.79 Å². The lowest BCUT2D eigenvalue weighted by atomic mass is 10.2. The molecule has 0 aromatic carbocycles. The van der Waals surface area contributed by atoms with Crippen LogP contribution in [-0.2, 0) is 6.54 Å². The van der Waals surface area contributed by atoms with Gasteiger partial charge in [-0.2, -0.15) is 5.10 Å². The monoisotopic (exact) mass is 279 g/mol. The van der Waals surface area contributed by atoms with Crippen molar-refractivity contribution in [2.45, 2.75) is 32.9 Å². The highest BCUT2D eigenvalue weighted by atomic mass is 32.1. The van der Waals surface area contributed by atoms with Crippen molar-refractivity contribution in [1.82, 2.24) is 20.1 Å². The Morgan fingerprint density at radius 2 is 2.37 bits per heavy atom. The van der Waals surface area contributed by atoms with Crippen molar-refractivity contribution in [3.63, 3.8) is 0 Å². The third-order valence-electron chi connectivity index (χ3n) is 2.87. The second-order valence-electron chi connectivity index (χ2n) is 4.07. The molecule has 0 radical (unpaired) electrons. The minimum absolute atomic E-state index is 0.156. The molecule has 0 bridgehead atoms. The molecule has 0 aliphatic carbocycles. The Morgan fingerprint density at radius 3 is 2.95 bits per heavy atom. The summed E-state index contributed by atoms with van der Waals surface area (Å²) in [6.07, 6.45) is 2.25. The summed E-state index contributed by atoms with van der Waals surface area (Å²) in [6.45, 7) is 4.71. The van der Waals surface area contributed by atoms with Crippen molar-refractivity contribution in [1.29, 1.82) is 0 Å². The molecular weight excluding hydrogens is 262 g/mol. The number of hydrogen-bond donors (Lipinski definition) is 2. The number of hydrogen-bond acceptors (Lipinski definition) is 5. The summed E-state index contributed by atoms with van der Waals surface area (Å²) in [5.41, 5.74) is 6.26. The molecule has 0 saturated heterocycles. The first-order valence-electron chi connectivity index (χ1n) is 6.18. The molecule has 0 fully saturated rings. The zero-order valence-corrected chi connectivity index (χ0v) is 11.8. The van der Waals surface area contributed by atoms with Crippen molar-refractivity contribution in [3.05, 3.63) is 28.5 Å². The minimum atomic E-state index is -0.162. The average Bonchev–Trinajstić information content (AvgIpc) is 3.03. The molecule has 2 aromatic rings. The fourth-order valence-corrected chi connectivity index (χ4v) is 2.58. The third-order valence-corrected chi connectivity index (χ3v) is 3.80. The van der Waals surface area contributed by atoms with Crippen LogP contribution in [0.1, 0.15) is 41.8 Å². The quantitative estimate of drug-likeness (QED) is 0.874. The lowest BCUT2D eigenvalue weighted by Crippen LogP contribution is -2.30. The van der Waals surface area contributed by atoms with E-state index in [0.717, 1.165) is 18.8 Å². The van der Waals surface area contributed by atoms with Gasteiger partial charge in [0.05, 0.1) is 11.7 Å². The Bertz CT molecular complexity index is 562. The molecule has 19 heavy (non-hydrogen) atoms. The highest BCUT2D eigenvalue weighted by Gasteiger charge is 2.20. The third kappa shape index (κ3) is 2.76. The van der Waals surface area contributed by atoms with Crippen LogP contribution in [0.25, 0.3) is 0 Å². The predicted molar refractivity (Wildman–Crippen MR) is 74.9 cm³/mol. The minimum Gasteiger partial charge on any atom is -0.397 e. The van der Waals surface area contributed by atoms with E-state index in [2.05, 4.69) is 15.4 Å². The van der Waals surface area contributed by atoms with Crippen molar-refractivity contribution in [3.8, 4) is 0 Å². The Balaban J connectivity index is 2.16. The molecule has 1 amide bonds. The molecule has 6 nitrogen and oxygen atoms in total. The molecule has 0 saturated carbocycles. The average molecular weight is 279 g/mol. The summed E-state index contributed by atoms with van der Waals surface area (Å²) in [5, 5.41) is 8.88. The number of anilines is 1.